The smallest absolute Gasteiger partial charge is 0.324 e. The van der Waals surface area contributed by atoms with Crippen LogP contribution in [-0.4, -0.2) is 44.7 Å². The van der Waals surface area contributed by atoms with Crippen molar-refractivity contribution >= 4 is 22.3 Å². The second-order valence-electron chi connectivity index (χ2n) is 4.84. The Morgan fingerprint density at radius 1 is 1.29 bits per heavy atom. The second kappa shape index (κ2) is 6.36. The van der Waals surface area contributed by atoms with Gasteiger partial charge in [0.05, 0.1) is 12.0 Å². The molecule has 0 amide bonds. The van der Waals surface area contributed by atoms with Gasteiger partial charge >= 0.3 is 5.97 Å². The van der Waals surface area contributed by atoms with Gasteiger partial charge in [0, 0.05) is 12.1 Å². The summed E-state index contributed by atoms with van der Waals surface area (Å²) in [6, 6.07) is 4.86. The van der Waals surface area contributed by atoms with Crippen LogP contribution < -0.4 is 0 Å². The fourth-order valence-corrected chi connectivity index (χ4v) is 4.06. The standard InChI is InChI=1S/C14H17NO5S/c1-20-14(17)13-4-2-3-9-15(13)21(18,19)12-7-5-11(10-16)6-8-12/h5-8,10,13H,2-4,9H2,1H3. The van der Waals surface area contributed by atoms with Crippen molar-refractivity contribution < 1.29 is 22.7 Å². The number of methoxy groups -OCH3 is 1. The highest BCUT2D eigenvalue weighted by molar-refractivity contribution is 7.89. The van der Waals surface area contributed by atoms with Gasteiger partial charge in [-0.05, 0) is 31.4 Å². The number of benzene rings is 1. The van der Waals surface area contributed by atoms with Crippen LogP contribution in [0.5, 0.6) is 0 Å². The normalized spacial score (nSPS) is 20.0. The van der Waals surface area contributed by atoms with Crippen LogP contribution in [0.4, 0.5) is 0 Å². The molecule has 1 saturated heterocycles. The van der Waals surface area contributed by atoms with E-state index in [2.05, 4.69) is 0 Å². The van der Waals surface area contributed by atoms with Crippen LogP contribution in [0.3, 0.4) is 0 Å². The van der Waals surface area contributed by atoms with Crippen molar-refractivity contribution in [2.75, 3.05) is 13.7 Å². The quantitative estimate of drug-likeness (QED) is 0.617. The Balaban J connectivity index is 2.35. The Hall–Kier alpha value is -1.73. The summed E-state index contributed by atoms with van der Waals surface area (Å²) in [6.07, 6.45) is 2.60. The Morgan fingerprint density at radius 3 is 2.52 bits per heavy atom. The molecular weight excluding hydrogens is 294 g/mol. The van der Waals surface area contributed by atoms with E-state index >= 15 is 0 Å². The number of sulfonamides is 1. The third kappa shape index (κ3) is 3.14. The first-order valence-electron chi connectivity index (χ1n) is 6.65. The molecular formula is C14H17NO5S. The van der Waals surface area contributed by atoms with Crippen molar-refractivity contribution in [1.29, 1.82) is 0 Å². The molecule has 0 bridgehead atoms. The number of aldehydes is 1. The average Bonchev–Trinajstić information content (AvgIpc) is 2.54. The van der Waals surface area contributed by atoms with Gasteiger partial charge in [0.15, 0.2) is 0 Å². The number of esters is 1. The van der Waals surface area contributed by atoms with Gasteiger partial charge in [0.25, 0.3) is 0 Å². The van der Waals surface area contributed by atoms with Gasteiger partial charge in [0.2, 0.25) is 10.0 Å². The minimum Gasteiger partial charge on any atom is -0.468 e. The highest BCUT2D eigenvalue weighted by atomic mass is 32.2. The highest BCUT2D eigenvalue weighted by Gasteiger charge is 2.38. The molecule has 1 fully saturated rings. The first-order valence-corrected chi connectivity index (χ1v) is 8.09. The molecule has 114 valence electrons. The van der Waals surface area contributed by atoms with Crippen LogP contribution in [0.15, 0.2) is 29.2 Å². The molecule has 6 nitrogen and oxygen atoms in total. The zero-order chi connectivity index (χ0) is 15.5. The molecule has 1 atom stereocenters. The third-order valence-corrected chi connectivity index (χ3v) is 5.47. The van der Waals surface area contributed by atoms with Gasteiger partial charge < -0.3 is 4.74 Å². The van der Waals surface area contributed by atoms with E-state index in [1.807, 2.05) is 0 Å². The first-order chi connectivity index (χ1) is 10.0. The largest absolute Gasteiger partial charge is 0.468 e. The molecule has 1 aromatic rings. The number of rotatable bonds is 4. The maximum atomic E-state index is 12.6. The van der Waals surface area contributed by atoms with Crippen molar-refractivity contribution in [2.24, 2.45) is 0 Å². The fourth-order valence-electron chi connectivity index (χ4n) is 2.42. The van der Waals surface area contributed by atoms with Gasteiger partial charge in [-0.25, -0.2) is 8.42 Å². The number of piperidine rings is 1. The minimum absolute atomic E-state index is 0.0731. The number of carbonyl (C=O) groups excluding carboxylic acids is 2. The molecule has 1 aromatic carbocycles. The Bertz CT molecular complexity index is 623. The summed E-state index contributed by atoms with van der Waals surface area (Å²) in [5.74, 6) is -0.539. The van der Waals surface area contributed by atoms with E-state index < -0.39 is 22.0 Å². The number of hydrogen-bond donors (Lipinski definition) is 0. The summed E-state index contributed by atoms with van der Waals surface area (Å²) >= 11 is 0. The molecule has 1 unspecified atom stereocenters. The molecule has 0 saturated carbocycles. The van der Waals surface area contributed by atoms with E-state index in [1.54, 1.807) is 0 Å². The molecule has 21 heavy (non-hydrogen) atoms. The van der Waals surface area contributed by atoms with E-state index in [9.17, 15) is 18.0 Å². The zero-order valence-electron chi connectivity index (χ0n) is 11.7. The van der Waals surface area contributed by atoms with Gasteiger partial charge in [-0.1, -0.05) is 12.1 Å². The summed E-state index contributed by atoms with van der Waals surface area (Å²) in [5, 5.41) is 0. The van der Waals surface area contributed by atoms with E-state index in [0.717, 1.165) is 6.42 Å². The SMILES string of the molecule is COC(=O)C1CCCCN1S(=O)(=O)c1ccc(C=O)cc1. The molecule has 0 radical (unpaired) electrons. The summed E-state index contributed by atoms with van der Waals surface area (Å²) in [4.78, 5) is 22.5. The van der Waals surface area contributed by atoms with Gasteiger partial charge in [-0.15, -0.1) is 0 Å². The Labute approximate surface area is 123 Å². The van der Waals surface area contributed by atoms with Crippen molar-refractivity contribution in [3.05, 3.63) is 29.8 Å². The monoisotopic (exact) mass is 311 g/mol. The Morgan fingerprint density at radius 2 is 1.95 bits per heavy atom. The van der Waals surface area contributed by atoms with E-state index in [0.29, 0.717) is 24.7 Å². The van der Waals surface area contributed by atoms with Crippen LogP contribution in [0.1, 0.15) is 29.6 Å². The van der Waals surface area contributed by atoms with Gasteiger partial charge in [-0.2, -0.15) is 4.31 Å². The van der Waals surface area contributed by atoms with Crippen molar-refractivity contribution in [1.82, 2.24) is 4.31 Å². The Kier molecular flexibility index (Phi) is 4.74. The highest BCUT2D eigenvalue weighted by Crippen LogP contribution is 2.26. The number of carbonyl (C=O) groups is 2. The van der Waals surface area contributed by atoms with Crippen molar-refractivity contribution in [3.8, 4) is 0 Å². The maximum absolute atomic E-state index is 12.6. The molecule has 0 N–H and O–H groups in total. The lowest BCUT2D eigenvalue weighted by Gasteiger charge is -2.32. The lowest BCUT2D eigenvalue weighted by Crippen LogP contribution is -2.48. The molecule has 1 aliphatic rings. The summed E-state index contributed by atoms with van der Waals surface area (Å²) in [5.41, 5.74) is 0.400. The van der Waals surface area contributed by atoms with Crippen LogP contribution in [-0.2, 0) is 19.6 Å². The lowest BCUT2D eigenvalue weighted by molar-refractivity contribution is -0.146. The molecule has 0 spiro atoms. The van der Waals surface area contributed by atoms with E-state index in [1.165, 1.54) is 35.7 Å². The van der Waals surface area contributed by atoms with Crippen molar-refractivity contribution in [2.45, 2.75) is 30.2 Å². The predicted octanol–water partition coefficient (Wildman–Crippen LogP) is 1.22. The number of nitrogens with zero attached hydrogens (tertiary/aromatic N) is 1. The second-order valence-corrected chi connectivity index (χ2v) is 6.73. The zero-order valence-corrected chi connectivity index (χ0v) is 12.5. The third-order valence-electron chi connectivity index (χ3n) is 3.55. The molecule has 0 aliphatic carbocycles. The van der Waals surface area contributed by atoms with Crippen LogP contribution in [0.25, 0.3) is 0 Å². The number of ether oxygens (including phenoxy) is 1. The van der Waals surface area contributed by atoms with Crippen LogP contribution >= 0.6 is 0 Å². The first kappa shape index (κ1) is 15.7. The summed E-state index contributed by atoms with van der Waals surface area (Å²) in [7, 11) is -2.52. The lowest BCUT2D eigenvalue weighted by atomic mass is 10.1. The van der Waals surface area contributed by atoms with E-state index in [4.69, 9.17) is 4.74 Å². The van der Waals surface area contributed by atoms with Crippen LogP contribution in [0.2, 0.25) is 0 Å². The molecule has 0 aromatic heterocycles. The molecule has 7 heteroatoms. The molecule has 1 heterocycles. The van der Waals surface area contributed by atoms with Crippen LogP contribution in [0, 0.1) is 0 Å². The average molecular weight is 311 g/mol. The fraction of sp³-hybridized carbons (Fsp3) is 0.429. The summed E-state index contributed by atoms with van der Waals surface area (Å²) in [6.45, 7) is 0.289. The summed E-state index contributed by atoms with van der Waals surface area (Å²) < 4.78 is 31.2. The maximum Gasteiger partial charge on any atom is 0.324 e. The predicted molar refractivity (Wildman–Crippen MR) is 75.4 cm³/mol. The van der Waals surface area contributed by atoms with Gasteiger partial charge in [-0.3, -0.25) is 9.59 Å². The number of hydrogen-bond acceptors (Lipinski definition) is 5. The minimum atomic E-state index is -3.77. The van der Waals surface area contributed by atoms with Gasteiger partial charge in [0.1, 0.15) is 12.3 Å². The topological polar surface area (TPSA) is 80.8 Å². The van der Waals surface area contributed by atoms with Crippen molar-refractivity contribution in [3.63, 3.8) is 0 Å². The molecule has 2 rings (SSSR count). The molecule has 1 aliphatic heterocycles. The van der Waals surface area contributed by atoms with E-state index in [-0.39, 0.29) is 11.4 Å².